The summed E-state index contributed by atoms with van der Waals surface area (Å²) in [5.41, 5.74) is 3.51. The zero-order valence-corrected chi connectivity index (χ0v) is 19.9. The van der Waals surface area contributed by atoms with Crippen LogP contribution in [-0.4, -0.2) is 57.8 Å². The number of amides is 1. The first kappa shape index (κ1) is 23.6. The first-order valence-electron chi connectivity index (χ1n) is 10.1. The molecular formula is C22H21N5O5S2. The van der Waals surface area contributed by atoms with Gasteiger partial charge < -0.3 is 24.9 Å². The number of amidine groups is 1. The van der Waals surface area contributed by atoms with E-state index in [1.54, 1.807) is 32.2 Å². The van der Waals surface area contributed by atoms with Crippen molar-refractivity contribution in [3.63, 3.8) is 0 Å². The highest BCUT2D eigenvalue weighted by molar-refractivity contribution is 8.15. The number of fused-ring (bicyclic) bond motifs is 1. The lowest BCUT2D eigenvalue weighted by Crippen LogP contribution is -2.26. The zero-order valence-electron chi connectivity index (χ0n) is 18.3. The van der Waals surface area contributed by atoms with E-state index in [0.29, 0.717) is 5.75 Å². The average Bonchev–Trinajstić information content (AvgIpc) is 3.39. The average molecular weight is 500 g/mol. The van der Waals surface area contributed by atoms with Crippen LogP contribution in [-0.2, 0) is 15.3 Å². The van der Waals surface area contributed by atoms with Crippen LogP contribution in [0.1, 0.15) is 17.5 Å². The number of aliphatic carboxylic acids is 1. The maximum absolute atomic E-state index is 11.8. The Balaban J connectivity index is 1.43. The molecule has 1 saturated heterocycles. The van der Waals surface area contributed by atoms with Gasteiger partial charge in [0, 0.05) is 17.4 Å². The Morgan fingerprint density at radius 2 is 2.12 bits per heavy atom. The predicted molar refractivity (Wildman–Crippen MR) is 132 cm³/mol. The van der Waals surface area contributed by atoms with E-state index in [2.05, 4.69) is 25.5 Å². The fourth-order valence-electron chi connectivity index (χ4n) is 3.19. The van der Waals surface area contributed by atoms with Crippen LogP contribution >= 0.6 is 23.5 Å². The molecule has 0 radical (unpaired) electrons. The largest absolute Gasteiger partial charge is 0.497 e. The summed E-state index contributed by atoms with van der Waals surface area (Å²) in [6.45, 7) is 0. The zero-order chi connectivity index (χ0) is 24.1. The van der Waals surface area contributed by atoms with Crippen LogP contribution in [0.3, 0.4) is 0 Å². The SMILES string of the molecule is COc1ccc2nc(SCc3cc(C=NN=C4NC(=O)C(CC(=O)O)S4)ccc3OC)[nH]c2c1. The minimum absolute atomic E-state index is 0.266. The van der Waals surface area contributed by atoms with Crippen molar-refractivity contribution < 1.29 is 24.2 Å². The molecule has 0 spiro atoms. The lowest BCUT2D eigenvalue weighted by molar-refractivity contribution is -0.138. The van der Waals surface area contributed by atoms with Gasteiger partial charge >= 0.3 is 5.97 Å². The molecule has 1 aliphatic heterocycles. The number of hydrogen-bond donors (Lipinski definition) is 3. The summed E-state index contributed by atoms with van der Waals surface area (Å²) in [5.74, 6) is 0.693. The van der Waals surface area contributed by atoms with Crippen LogP contribution in [0.4, 0.5) is 0 Å². The summed E-state index contributed by atoms with van der Waals surface area (Å²) < 4.78 is 10.7. The van der Waals surface area contributed by atoms with E-state index in [0.717, 1.165) is 50.6 Å². The molecule has 3 aromatic rings. The summed E-state index contributed by atoms with van der Waals surface area (Å²) in [6, 6.07) is 11.3. The van der Waals surface area contributed by atoms with Crippen LogP contribution < -0.4 is 14.8 Å². The molecule has 12 heteroatoms. The fraction of sp³-hybridized carbons (Fsp3) is 0.227. The molecule has 3 N–H and O–H groups in total. The van der Waals surface area contributed by atoms with Crippen molar-refractivity contribution in [2.24, 2.45) is 10.2 Å². The molecule has 0 bridgehead atoms. The van der Waals surface area contributed by atoms with Gasteiger partial charge in [0.15, 0.2) is 10.3 Å². The highest BCUT2D eigenvalue weighted by Crippen LogP contribution is 2.29. The van der Waals surface area contributed by atoms with Gasteiger partial charge in [0.1, 0.15) is 16.7 Å². The molecule has 0 aliphatic carbocycles. The number of benzene rings is 2. The Kier molecular flexibility index (Phi) is 7.38. The number of thioether (sulfide) groups is 2. The lowest BCUT2D eigenvalue weighted by Gasteiger charge is -2.08. The summed E-state index contributed by atoms with van der Waals surface area (Å²) in [7, 11) is 3.24. The number of ether oxygens (including phenoxy) is 2. The van der Waals surface area contributed by atoms with Gasteiger partial charge in [-0.05, 0) is 35.9 Å². The number of nitrogens with one attached hydrogen (secondary N) is 2. The van der Waals surface area contributed by atoms with Crippen molar-refractivity contribution in [3.8, 4) is 11.5 Å². The second-order valence-electron chi connectivity index (χ2n) is 7.13. The van der Waals surface area contributed by atoms with E-state index in [1.165, 1.54) is 0 Å². The molecule has 1 fully saturated rings. The number of methoxy groups -OCH3 is 2. The Labute approximate surface area is 203 Å². The third-order valence-corrected chi connectivity index (χ3v) is 6.82. The van der Waals surface area contributed by atoms with Crippen LogP contribution in [0.2, 0.25) is 0 Å². The first-order chi connectivity index (χ1) is 16.4. The maximum atomic E-state index is 11.8. The first-order valence-corrected chi connectivity index (χ1v) is 12.0. The van der Waals surface area contributed by atoms with Gasteiger partial charge in [-0.25, -0.2) is 4.98 Å². The minimum atomic E-state index is -1.04. The van der Waals surface area contributed by atoms with Crippen LogP contribution in [0.25, 0.3) is 11.0 Å². The summed E-state index contributed by atoms with van der Waals surface area (Å²) >= 11 is 2.60. The molecular weight excluding hydrogens is 478 g/mol. The van der Waals surface area contributed by atoms with Gasteiger partial charge in [-0.1, -0.05) is 23.5 Å². The molecule has 1 unspecified atom stereocenters. The topological polar surface area (TPSA) is 138 Å². The smallest absolute Gasteiger partial charge is 0.305 e. The molecule has 2 aromatic carbocycles. The highest BCUT2D eigenvalue weighted by atomic mass is 32.2. The van der Waals surface area contributed by atoms with Crippen molar-refractivity contribution in [2.45, 2.75) is 22.6 Å². The van der Waals surface area contributed by atoms with Gasteiger partial charge in [0.2, 0.25) is 5.91 Å². The Morgan fingerprint density at radius 3 is 2.88 bits per heavy atom. The second kappa shape index (κ2) is 10.6. The number of carboxylic acid groups (broad SMARTS) is 1. The van der Waals surface area contributed by atoms with E-state index < -0.39 is 11.2 Å². The van der Waals surface area contributed by atoms with Gasteiger partial charge in [0.05, 0.1) is 37.9 Å². The standard InChI is InChI=1S/C22H21N5O5S2/c1-31-14-4-5-15-16(8-14)25-21(24-15)33-11-13-7-12(3-6-17(13)32-2)10-23-27-22-26-20(30)18(34-22)9-19(28)29/h3-8,10,18H,9,11H2,1-2H3,(H,24,25)(H,28,29)(H,26,27,30). The third kappa shape index (κ3) is 5.69. The van der Waals surface area contributed by atoms with Crippen LogP contribution in [0.5, 0.6) is 11.5 Å². The number of carboxylic acids is 1. The molecule has 34 heavy (non-hydrogen) atoms. The van der Waals surface area contributed by atoms with E-state index in [4.69, 9.17) is 14.6 Å². The van der Waals surface area contributed by atoms with Crippen molar-refractivity contribution >= 4 is 57.8 Å². The normalized spacial score (nSPS) is 16.9. The number of aromatic nitrogens is 2. The number of aromatic amines is 1. The number of carbonyl (C=O) groups is 2. The van der Waals surface area contributed by atoms with Gasteiger partial charge in [-0.15, -0.1) is 5.10 Å². The molecule has 176 valence electrons. The van der Waals surface area contributed by atoms with Crippen LogP contribution in [0, 0.1) is 0 Å². The van der Waals surface area contributed by atoms with Crippen molar-refractivity contribution in [1.29, 1.82) is 0 Å². The molecule has 1 aliphatic rings. The van der Waals surface area contributed by atoms with Crippen molar-refractivity contribution in [1.82, 2.24) is 15.3 Å². The molecule has 4 rings (SSSR count). The third-order valence-electron chi connectivity index (χ3n) is 4.83. The number of imidazole rings is 1. The highest BCUT2D eigenvalue weighted by Gasteiger charge is 2.32. The number of nitrogens with zero attached hydrogens (tertiary/aromatic N) is 3. The molecule has 1 atom stereocenters. The molecule has 10 nitrogen and oxygen atoms in total. The Morgan fingerprint density at radius 1 is 1.26 bits per heavy atom. The van der Waals surface area contributed by atoms with E-state index in [1.807, 2.05) is 36.4 Å². The van der Waals surface area contributed by atoms with Gasteiger partial charge in [-0.3, -0.25) is 9.59 Å². The van der Waals surface area contributed by atoms with E-state index in [9.17, 15) is 9.59 Å². The van der Waals surface area contributed by atoms with Crippen LogP contribution in [0.15, 0.2) is 51.8 Å². The fourth-order valence-corrected chi connectivity index (χ4v) is 4.97. The van der Waals surface area contributed by atoms with E-state index >= 15 is 0 Å². The Bertz CT molecular complexity index is 1290. The summed E-state index contributed by atoms with van der Waals surface area (Å²) in [6.07, 6.45) is 1.29. The molecule has 1 aromatic heterocycles. The number of hydrogen-bond acceptors (Lipinski definition) is 9. The van der Waals surface area contributed by atoms with Gasteiger partial charge in [-0.2, -0.15) is 5.10 Å². The van der Waals surface area contributed by atoms with Gasteiger partial charge in [0.25, 0.3) is 0 Å². The number of rotatable bonds is 9. The van der Waals surface area contributed by atoms with E-state index in [-0.39, 0.29) is 17.5 Å². The Hall–Kier alpha value is -3.51. The quantitative estimate of drug-likeness (QED) is 0.232. The predicted octanol–water partition coefficient (Wildman–Crippen LogP) is 3.27. The molecule has 1 amide bonds. The number of H-pyrrole nitrogens is 1. The lowest BCUT2D eigenvalue weighted by atomic mass is 10.1. The summed E-state index contributed by atoms with van der Waals surface area (Å²) in [5, 5.41) is 19.8. The van der Waals surface area contributed by atoms with Crippen molar-refractivity contribution in [3.05, 3.63) is 47.5 Å². The maximum Gasteiger partial charge on any atom is 0.305 e. The molecule has 0 saturated carbocycles. The monoisotopic (exact) mass is 499 g/mol. The van der Waals surface area contributed by atoms with Crippen molar-refractivity contribution in [2.75, 3.05) is 14.2 Å². The second-order valence-corrected chi connectivity index (χ2v) is 9.28. The number of carbonyl (C=O) groups excluding carboxylic acids is 1. The minimum Gasteiger partial charge on any atom is -0.497 e. The molecule has 2 heterocycles. The summed E-state index contributed by atoms with van der Waals surface area (Å²) in [4.78, 5) is 30.5.